The van der Waals surface area contributed by atoms with E-state index in [4.69, 9.17) is 16.3 Å². The molecule has 0 radical (unpaired) electrons. The van der Waals surface area contributed by atoms with Crippen LogP contribution in [0.5, 0.6) is 5.75 Å². The molecule has 0 fully saturated rings. The summed E-state index contributed by atoms with van der Waals surface area (Å²) in [5.74, 6) is 1.49. The summed E-state index contributed by atoms with van der Waals surface area (Å²) in [6.45, 7) is 6.00. The van der Waals surface area contributed by atoms with Crippen molar-refractivity contribution in [2.45, 2.75) is 32.0 Å². The molecule has 0 spiro atoms. The summed E-state index contributed by atoms with van der Waals surface area (Å²) in [5.41, 5.74) is 2.85. The fourth-order valence-electron chi connectivity index (χ4n) is 2.97. The van der Waals surface area contributed by atoms with Gasteiger partial charge in [-0.15, -0.1) is 10.2 Å². The normalized spacial score (nSPS) is 11.9. The number of benzene rings is 2. The maximum atomic E-state index is 12.3. The van der Waals surface area contributed by atoms with E-state index in [1.807, 2.05) is 50.6 Å². The van der Waals surface area contributed by atoms with E-state index in [9.17, 15) is 4.79 Å². The van der Waals surface area contributed by atoms with Gasteiger partial charge in [-0.25, -0.2) is 0 Å². The van der Waals surface area contributed by atoms with Crippen LogP contribution in [0.25, 0.3) is 0 Å². The number of hydrogen-bond donors (Lipinski definition) is 1. The Morgan fingerprint density at radius 1 is 1.23 bits per heavy atom. The van der Waals surface area contributed by atoms with Crippen molar-refractivity contribution in [3.63, 3.8) is 0 Å². The van der Waals surface area contributed by atoms with Crippen molar-refractivity contribution in [2.24, 2.45) is 7.05 Å². The maximum Gasteiger partial charge on any atom is 0.234 e. The van der Waals surface area contributed by atoms with Gasteiger partial charge in [0.15, 0.2) is 17.1 Å². The second kappa shape index (κ2) is 9.85. The molecule has 0 saturated heterocycles. The van der Waals surface area contributed by atoms with Crippen LogP contribution in [0.15, 0.2) is 46.0 Å². The number of hydrogen-bond acceptors (Lipinski definition) is 5. The minimum Gasteiger partial charge on any atom is -0.483 e. The van der Waals surface area contributed by atoms with Crippen molar-refractivity contribution in [1.82, 2.24) is 14.8 Å². The standard InChI is InChI=1S/C21H22BrClN4O2S/c1-12-7-13(2)9-16(8-12)29-14(3)20-25-26-21(27(20)4)30-11-19(28)24-18-6-5-15(22)10-17(18)23/h5-10,14H,11H2,1-4H3,(H,24,28). The van der Waals surface area contributed by atoms with Gasteiger partial charge >= 0.3 is 0 Å². The van der Waals surface area contributed by atoms with Crippen LogP contribution in [0.1, 0.15) is 30.0 Å². The van der Waals surface area contributed by atoms with Crippen LogP contribution in [-0.2, 0) is 11.8 Å². The average Bonchev–Trinajstić information content (AvgIpc) is 3.02. The number of carbonyl (C=O) groups is 1. The SMILES string of the molecule is Cc1cc(C)cc(OC(C)c2nnc(SCC(=O)Nc3ccc(Br)cc3Cl)n2C)c1. The average molecular weight is 510 g/mol. The Hall–Kier alpha value is -2.03. The van der Waals surface area contributed by atoms with Crippen molar-refractivity contribution in [3.8, 4) is 5.75 Å². The number of nitrogens with zero attached hydrogens (tertiary/aromatic N) is 3. The zero-order valence-corrected chi connectivity index (χ0v) is 20.2. The van der Waals surface area contributed by atoms with Crippen LogP contribution in [0, 0.1) is 13.8 Å². The Morgan fingerprint density at radius 3 is 2.60 bits per heavy atom. The summed E-state index contributed by atoms with van der Waals surface area (Å²) < 4.78 is 8.75. The van der Waals surface area contributed by atoms with Gasteiger partial charge in [0.25, 0.3) is 0 Å². The lowest BCUT2D eigenvalue weighted by Crippen LogP contribution is -2.15. The lowest BCUT2D eigenvalue weighted by atomic mass is 10.1. The van der Waals surface area contributed by atoms with Gasteiger partial charge < -0.3 is 14.6 Å². The number of ether oxygens (including phenoxy) is 1. The molecular formula is C21H22BrClN4O2S. The summed E-state index contributed by atoms with van der Waals surface area (Å²) in [6, 6.07) is 11.4. The predicted molar refractivity (Wildman–Crippen MR) is 124 cm³/mol. The first-order valence-electron chi connectivity index (χ1n) is 9.25. The lowest BCUT2D eigenvalue weighted by Gasteiger charge is -2.15. The molecule has 1 N–H and O–H groups in total. The Morgan fingerprint density at radius 2 is 1.93 bits per heavy atom. The molecule has 6 nitrogen and oxygen atoms in total. The van der Waals surface area contributed by atoms with Gasteiger partial charge in [0.2, 0.25) is 5.91 Å². The molecule has 9 heteroatoms. The summed E-state index contributed by atoms with van der Waals surface area (Å²) in [7, 11) is 1.86. The highest BCUT2D eigenvalue weighted by Crippen LogP contribution is 2.27. The third-order valence-electron chi connectivity index (χ3n) is 4.28. The molecular weight excluding hydrogens is 488 g/mol. The van der Waals surface area contributed by atoms with Crippen molar-refractivity contribution in [2.75, 3.05) is 11.1 Å². The Bertz CT molecular complexity index is 1050. The smallest absolute Gasteiger partial charge is 0.234 e. The lowest BCUT2D eigenvalue weighted by molar-refractivity contribution is -0.113. The fourth-order valence-corrected chi connectivity index (χ4v) is 4.41. The molecule has 0 aliphatic rings. The minimum absolute atomic E-state index is 0.173. The van der Waals surface area contributed by atoms with Gasteiger partial charge in [-0.2, -0.15) is 0 Å². The number of amides is 1. The molecule has 0 saturated carbocycles. The zero-order valence-electron chi connectivity index (χ0n) is 17.1. The molecule has 0 aliphatic carbocycles. The minimum atomic E-state index is -0.284. The molecule has 0 bridgehead atoms. The third-order valence-corrected chi connectivity index (χ3v) is 6.10. The predicted octanol–water partition coefficient (Wildman–Crippen LogP) is 5.72. The van der Waals surface area contributed by atoms with Crippen LogP contribution in [-0.4, -0.2) is 26.4 Å². The number of halogens is 2. The highest BCUT2D eigenvalue weighted by Gasteiger charge is 2.18. The van der Waals surface area contributed by atoms with Crippen LogP contribution >= 0.6 is 39.3 Å². The van der Waals surface area contributed by atoms with E-state index in [0.29, 0.717) is 21.7 Å². The van der Waals surface area contributed by atoms with Gasteiger partial charge in [0, 0.05) is 11.5 Å². The second-order valence-corrected chi connectivity index (χ2v) is 9.21. The maximum absolute atomic E-state index is 12.3. The quantitative estimate of drug-likeness (QED) is 0.413. The van der Waals surface area contributed by atoms with E-state index in [2.05, 4.69) is 37.5 Å². The van der Waals surface area contributed by atoms with Crippen LogP contribution < -0.4 is 10.1 Å². The van der Waals surface area contributed by atoms with Gasteiger partial charge in [-0.1, -0.05) is 45.4 Å². The number of rotatable bonds is 7. The van der Waals surface area contributed by atoms with E-state index in [-0.39, 0.29) is 17.8 Å². The number of thioether (sulfide) groups is 1. The van der Waals surface area contributed by atoms with E-state index in [1.165, 1.54) is 11.8 Å². The zero-order chi connectivity index (χ0) is 21.8. The van der Waals surface area contributed by atoms with Crippen molar-refractivity contribution < 1.29 is 9.53 Å². The molecule has 1 amide bonds. The Balaban J connectivity index is 1.61. The van der Waals surface area contributed by atoms with E-state index in [0.717, 1.165) is 21.3 Å². The number of carbonyl (C=O) groups excluding carboxylic acids is 1. The van der Waals surface area contributed by atoms with Crippen LogP contribution in [0.4, 0.5) is 5.69 Å². The topological polar surface area (TPSA) is 69.0 Å². The Labute approximate surface area is 193 Å². The third kappa shape index (κ3) is 5.77. The van der Waals surface area contributed by atoms with Gasteiger partial charge in [-0.3, -0.25) is 4.79 Å². The number of anilines is 1. The Kier molecular flexibility index (Phi) is 7.44. The molecule has 1 atom stereocenters. The largest absolute Gasteiger partial charge is 0.483 e. The van der Waals surface area contributed by atoms with Crippen molar-refractivity contribution in [3.05, 3.63) is 62.8 Å². The molecule has 0 aliphatic heterocycles. The molecule has 1 heterocycles. The first-order chi connectivity index (χ1) is 14.2. The summed E-state index contributed by atoms with van der Waals surface area (Å²) in [5, 5.41) is 12.4. The summed E-state index contributed by atoms with van der Waals surface area (Å²) >= 11 is 10.8. The van der Waals surface area contributed by atoms with Crippen LogP contribution in [0.2, 0.25) is 5.02 Å². The highest BCUT2D eigenvalue weighted by molar-refractivity contribution is 9.10. The van der Waals surface area contributed by atoms with Gasteiger partial charge in [0.1, 0.15) is 5.75 Å². The summed E-state index contributed by atoms with van der Waals surface area (Å²) in [4.78, 5) is 12.3. The van der Waals surface area contributed by atoms with Crippen molar-refractivity contribution in [1.29, 1.82) is 0 Å². The second-order valence-electron chi connectivity index (χ2n) is 6.94. The monoisotopic (exact) mass is 508 g/mol. The van der Waals surface area contributed by atoms with E-state index < -0.39 is 0 Å². The van der Waals surface area contributed by atoms with Crippen LogP contribution in [0.3, 0.4) is 0 Å². The molecule has 3 rings (SSSR count). The first kappa shape index (κ1) is 22.7. The first-order valence-corrected chi connectivity index (χ1v) is 11.4. The molecule has 30 heavy (non-hydrogen) atoms. The molecule has 3 aromatic rings. The fraction of sp³-hybridized carbons (Fsp3) is 0.286. The molecule has 2 aromatic carbocycles. The number of aromatic nitrogens is 3. The van der Waals surface area contributed by atoms with Crippen molar-refractivity contribution >= 4 is 50.9 Å². The number of nitrogens with one attached hydrogen (secondary N) is 1. The van der Waals surface area contributed by atoms with Gasteiger partial charge in [0.05, 0.1) is 16.5 Å². The number of aryl methyl sites for hydroxylation is 2. The molecule has 1 unspecified atom stereocenters. The molecule has 158 valence electrons. The van der Waals surface area contributed by atoms with E-state index in [1.54, 1.807) is 12.1 Å². The highest BCUT2D eigenvalue weighted by atomic mass is 79.9. The van der Waals surface area contributed by atoms with E-state index >= 15 is 0 Å². The molecule has 1 aromatic heterocycles. The summed E-state index contributed by atoms with van der Waals surface area (Å²) in [6.07, 6.45) is -0.284. The van der Waals surface area contributed by atoms with Gasteiger partial charge in [-0.05, 0) is 62.2 Å².